The molecule has 1 amide bonds. The highest BCUT2D eigenvalue weighted by molar-refractivity contribution is 5.76. The van der Waals surface area contributed by atoms with Gasteiger partial charge < -0.3 is 14.5 Å². The number of carbonyl (C=O) groups is 1. The molecule has 34 heavy (non-hydrogen) atoms. The van der Waals surface area contributed by atoms with Crippen molar-refractivity contribution in [1.29, 1.82) is 0 Å². The van der Waals surface area contributed by atoms with Crippen LogP contribution in [0.3, 0.4) is 0 Å². The maximum absolute atomic E-state index is 12.9. The Balaban J connectivity index is 1.46. The van der Waals surface area contributed by atoms with E-state index in [1.54, 1.807) is 10.00 Å². The molecule has 1 aliphatic heterocycles. The number of piperazine rings is 1. The summed E-state index contributed by atoms with van der Waals surface area (Å²) in [7, 11) is 0. The topological polar surface area (TPSA) is 104 Å². The van der Waals surface area contributed by atoms with Crippen molar-refractivity contribution in [2.24, 2.45) is 0 Å². The van der Waals surface area contributed by atoms with Crippen LogP contribution in [-0.4, -0.2) is 63.8 Å². The van der Waals surface area contributed by atoms with E-state index in [0.717, 1.165) is 0 Å². The Labute approximate surface area is 188 Å². The number of aromatic nitrogens is 4. The molecule has 0 bridgehead atoms. The zero-order valence-electron chi connectivity index (χ0n) is 17.8. The summed E-state index contributed by atoms with van der Waals surface area (Å²) in [6.07, 6.45) is -8.91. The third-order valence-corrected chi connectivity index (χ3v) is 5.11. The van der Waals surface area contributed by atoms with Gasteiger partial charge in [0.25, 0.3) is 5.56 Å². The zero-order chi connectivity index (χ0) is 25.1. The average molecular weight is 494 g/mol. The SMILES string of the molecule is CC(OCCC(=O)N1CCN(c2ncc(C(F)(F)F)cn2)CC1)c1cc(C(F)(F)F)c(=O)[nH]n1. The molecule has 0 aliphatic carbocycles. The second-order valence-corrected chi connectivity index (χ2v) is 7.43. The fourth-order valence-electron chi connectivity index (χ4n) is 3.19. The number of aromatic amines is 1. The molecule has 2 aromatic heterocycles. The second-order valence-electron chi connectivity index (χ2n) is 7.43. The molecule has 3 heterocycles. The third-order valence-electron chi connectivity index (χ3n) is 5.11. The molecule has 0 radical (unpaired) electrons. The lowest BCUT2D eigenvalue weighted by Gasteiger charge is -2.34. The van der Waals surface area contributed by atoms with E-state index in [4.69, 9.17) is 4.74 Å². The number of carbonyl (C=O) groups excluding carboxylic acids is 1. The molecule has 9 nitrogen and oxygen atoms in total. The summed E-state index contributed by atoms with van der Waals surface area (Å²) < 4.78 is 81.8. The molecular weight excluding hydrogens is 474 g/mol. The summed E-state index contributed by atoms with van der Waals surface area (Å²) in [6.45, 7) is 2.55. The van der Waals surface area contributed by atoms with Gasteiger partial charge in [0, 0.05) is 38.6 Å². The fourth-order valence-corrected chi connectivity index (χ4v) is 3.19. The monoisotopic (exact) mass is 494 g/mol. The molecule has 1 fully saturated rings. The van der Waals surface area contributed by atoms with Crippen LogP contribution < -0.4 is 10.5 Å². The normalized spacial score (nSPS) is 16.0. The molecular formula is C19H20F6N6O3. The van der Waals surface area contributed by atoms with Crippen molar-refractivity contribution in [3.63, 3.8) is 0 Å². The van der Waals surface area contributed by atoms with E-state index in [0.29, 0.717) is 31.5 Å². The number of nitrogens with one attached hydrogen (secondary N) is 1. The van der Waals surface area contributed by atoms with Crippen molar-refractivity contribution >= 4 is 11.9 Å². The highest BCUT2D eigenvalue weighted by atomic mass is 19.4. The van der Waals surface area contributed by atoms with Crippen molar-refractivity contribution in [3.05, 3.63) is 45.6 Å². The fraction of sp³-hybridized carbons (Fsp3) is 0.526. The van der Waals surface area contributed by atoms with Gasteiger partial charge in [-0.1, -0.05) is 0 Å². The predicted octanol–water partition coefficient (Wildman–Crippen LogP) is 2.41. The van der Waals surface area contributed by atoms with Gasteiger partial charge in [-0.15, -0.1) is 0 Å². The summed E-state index contributed by atoms with van der Waals surface area (Å²) in [4.78, 5) is 34.4. The van der Waals surface area contributed by atoms with Gasteiger partial charge in [-0.25, -0.2) is 15.1 Å². The minimum Gasteiger partial charge on any atom is -0.372 e. The molecule has 1 N–H and O–H groups in total. The van der Waals surface area contributed by atoms with Crippen LogP contribution in [-0.2, 0) is 21.9 Å². The molecule has 1 saturated heterocycles. The first-order valence-electron chi connectivity index (χ1n) is 10.1. The first-order chi connectivity index (χ1) is 15.9. The van der Waals surface area contributed by atoms with Crippen LogP contribution in [0.1, 0.15) is 36.3 Å². The minimum atomic E-state index is -4.84. The van der Waals surface area contributed by atoms with E-state index in [1.807, 2.05) is 0 Å². The smallest absolute Gasteiger partial charge is 0.372 e. The quantitative estimate of drug-likeness (QED) is 0.615. The Bertz CT molecular complexity index is 1050. The zero-order valence-corrected chi connectivity index (χ0v) is 17.8. The van der Waals surface area contributed by atoms with Crippen molar-refractivity contribution in [1.82, 2.24) is 25.1 Å². The van der Waals surface area contributed by atoms with Gasteiger partial charge in [-0.05, 0) is 13.0 Å². The Morgan fingerprint density at radius 1 is 1.09 bits per heavy atom. The number of hydrogen-bond acceptors (Lipinski definition) is 7. The number of ether oxygens (including phenoxy) is 1. The van der Waals surface area contributed by atoms with Gasteiger partial charge in [0.05, 0.1) is 30.4 Å². The van der Waals surface area contributed by atoms with Crippen LogP contribution in [0.15, 0.2) is 23.3 Å². The molecule has 15 heteroatoms. The van der Waals surface area contributed by atoms with Gasteiger partial charge >= 0.3 is 12.4 Å². The number of nitrogens with zero attached hydrogens (tertiary/aromatic N) is 5. The van der Waals surface area contributed by atoms with Gasteiger partial charge in [0.2, 0.25) is 11.9 Å². The van der Waals surface area contributed by atoms with E-state index >= 15 is 0 Å². The Hall–Kier alpha value is -3.23. The van der Waals surface area contributed by atoms with Crippen LogP contribution in [0.4, 0.5) is 32.3 Å². The Kier molecular flexibility index (Phi) is 7.43. The molecule has 1 unspecified atom stereocenters. The number of rotatable bonds is 6. The first kappa shape index (κ1) is 25.4. The Morgan fingerprint density at radius 2 is 1.71 bits per heavy atom. The van der Waals surface area contributed by atoms with Crippen molar-refractivity contribution in [2.75, 3.05) is 37.7 Å². The number of H-pyrrole nitrogens is 1. The molecule has 3 rings (SSSR count). The maximum atomic E-state index is 12.9. The minimum absolute atomic E-state index is 0.0450. The molecule has 0 aromatic carbocycles. The van der Waals surface area contributed by atoms with Gasteiger partial charge in [0.15, 0.2) is 0 Å². The average Bonchev–Trinajstić information content (AvgIpc) is 2.78. The van der Waals surface area contributed by atoms with Crippen LogP contribution in [0.25, 0.3) is 0 Å². The number of anilines is 1. The van der Waals surface area contributed by atoms with Gasteiger partial charge in [0.1, 0.15) is 5.56 Å². The molecule has 186 valence electrons. The van der Waals surface area contributed by atoms with Crippen LogP contribution in [0, 0.1) is 0 Å². The van der Waals surface area contributed by atoms with Crippen LogP contribution in [0.5, 0.6) is 0 Å². The summed E-state index contributed by atoms with van der Waals surface area (Å²) in [6, 6.07) is 0.605. The van der Waals surface area contributed by atoms with Crippen LogP contribution in [0.2, 0.25) is 0 Å². The largest absolute Gasteiger partial charge is 0.421 e. The summed E-state index contributed by atoms with van der Waals surface area (Å²) in [5.74, 6) is -0.130. The van der Waals surface area contributed by atoms with E-state index in [9.17, 15) is 35.9 Å². The first-order valence-corrected chi connectivity index (χ1v) is 10.1. The van der Waals surface area contributed by atoms with E-state index in [1.165, 1.54) is 11.8 Å². The van der Waals surface area contributed by atoms with Crippen LogP contribution >= 0.6 is 0 Å². The highest BCUT2D eigenvalue weighted by Gasteiger charge is 2.35. The number of halogens is 6. The lowest BCUT2D eigenvalue weighted by atomic mass is 10.2. The second kappa shape index (κ2) is 9.95. The van der Waals surface area contributed by atoms with E-state index < -0.39 is 35.1 Å². The molecule has 2 aromatic rings. The lowest BCUT2D eigenvalue weighted by Crippen LogP contribution is -2.49. The summed E-state index contributed by atoms with van der Waals surface area (Å²) in [5, 5.41) is 5.34. The molecule has 1 aliphatic rings. The standard InChI is InChI=1S/C19H20F6N6O3/c1-11(14-8-13(19(23,24)25)16(33)29-28-14)34-7-2-15(32)30-3-5-31(6-4-30)17-26-9-12(10-27-17)18(20,21)22/h8-11H,2-7H2,1H3,(H,29,33). The molecule has 1 atom stereocenters. The number of alkyl halides is 6. The highest BCUT2D eigenvalue weighted by Crippen LogP contribution is 2.29. The Morgan fingerprint density at radius 3 is 2.26 bits per heavy atom. The van der Waals surface area contributed by atoms with Gasteiger partial charge in [-0.3, -0.25) is 9.59 Å². The summed E-state index contributed by atoms with van der Waals surface area (Å²) >= 11 is 0. The molecule has 0 spiro atoms. The lowest BCUT2D eigenvalue weighted by molar-refractivity contribution is -0.139. The van der Waals surface area contributed by atoms with E-state index in [-0.39, 0.29) is 43.7 Å². The number of amides is 1. The number of hydrogen-bond donors (Lipinski definition) is 1. The van der Waals surface area contributed by atoms with Crippen molar-refractivity contribution < 1.29 is 35.9 Å². The van der Waals surface area contributed by atoms with Crippen molar-refractivity contribution in [2.45, 2.75) is 31.8 Å². The predicted molar refractivity (Wildman–Crippen MR) is 105 cm³/mol. The van der Waals surface area contributed by atoms with Gasteiger partial charge in [-0.2, -0.15) is 31.4 Å². The summed E-state index contributed by atoms with van der Waals surface area (Å²) in [5.41, 5.74) is -3.84. The van der Waals surface area contributed by atoms with Crippen molar-refractivity contribution in [3.8, 4) is 0 Å². The third kappa shape index (κ3) is 6.21. The van der Waals surface area contributed by atoms with E-state index in [2.05, 4.69) is 15.1 Å². The molecule has 0 saturated carbocycles. The maximum Gasteiger partial charge on any atom is 0.421 e.